The third kappa shape index (κ3) is 8.44. The second kappa shape index (κ2) is 15.7. The fourth-order valence-electron chi connectivity index (χ4n) is 3.64. The minimum atomic E-state index is 0.591. The van der Waals surface area contributed by atoms with E-state index in [4.69, 9.17) is 19.8 Å². The summed E-state index contributed by atoms with van der Waals surface area (Å²) < 4.78 is 7.47. The van der Waals surface area contributed by atoms with Gasteiger partial charge in [0.1, 0.15) is 16.9 Å². The lowest BCUT2D eigenvalue weighted by Crippen LogP contribution is -2.26. The molecule has 0 bridgehead atoms. The number of nitrogens with one attached hydrogen (secondary N) is 2. The fraction of sp³-hybridized carbons (Fsp3) is 0.577. The molecule has 36 heavy (non-hydrogen) atoms. The van der Waals surface area contributed by atoms with Crippen LogP contribution in [0.3, 0.4) is 0 Å². The summed E-state index contributed by atoms with van der Waals surface area (Å²) in [5, 5.41) is 10.7. The summed E-state index contributed by atoms with van der Waals surface area (Å²) in [6, 6.07) is 3.98. The molecule has 0 saturated heterocycles. The van der Waals surface area contributed by atoms with E-state index in [0.29, 0.717) is 25.7 Å². The van der Waals surface area contributed by atoms with E-state index in [-0.39, 0.29) is 0 Å². The van der Waals surface area contributed by atoms with E-state index in [1.165, 1.54) is 0 Å². The van der Waals surface area contributed by atoms with Crippen molar-refractivity contribution in [1.29, 1.82) is 0 Å². The van der Waals surface area contributed by atoms with Gasteiger partial charge in [-0.3, -0.25) is 9.48 Å². The van der Waals surface area contributed by atoms with Gasteiger partial charge in [-0.25, -0.2) is 9.97 Å². The zero-order valence-corrected chi connectivity index (χ0v) is 22.7. The SMILES string of the molecule is CCCCNC=O.CCCN(CC)c1nc(Nc2cc(C)ccn2)c2c(n1)c(C)nn2CCOCC. The van der Waals surface area contributed by atoms with Gasteiger partial charge in [0.25, 0.3) is 0 Å². The number of pyridine rings is 1. The number of amides is 1. The predicted molar refractivity (Wildman–Crippen MR) is 146 cm³/mol. The minimum absolute atomic E-state index is 0.591. The number of rotatable bonds is 14. The van der Waals surface area contributed by atoms with Crippen LogP contribution in [0.25, 0.3) is 11.0 Å². The number of ether oxygens (including phenoxy) is 1. The standard InChI is InChI=1S/C21H31N7O.C5H11NO/c1-6-11-27(7-2)21-24-18-16(5)26-28(12-13-29-8-3)19(18)20(25-21)23-17-14-15(4)9-10-22-17;1-2-3-4-6-5-7/h9-10,14H,6-8,11-13H2,1-5H3,(H,22,23,24,25);5H,2-4H2,1H3,(H,6,7). The molecule has 0 unspecified atom stereocenters. The maximum absolute atomic E-state index is 9.57. The smallest absolute Gasteiger partial charge is 0.228 e. The molecule has 10 heteroatoms. The molecule has 0 radical (unpaired) electrons. The number of nitrogens with zero attached hydrogens (tertiary/aromatic N) is 6. The number of unbranched alkanes of at least 4 members (excludes halogenated alkanes) is 1. The van der Waals surface area contributed by atoms with Crippen molar-refractivity contribution in [2.24, 2.45) is 0 Å². The van der Waals surface area contributed by atoms with Gasteiger partial charge in [-0.15, -0.1) is 0 Å². The van der Waals surface area contributed by atoms with Crippen molar-refractivity contribution in [3.05, 3.63) is 29.6 Å². The van der Waals surface area contributed by atoms with Crippen LogP contribution in [-0.4, -0.2) is 64.0 Å². The summed E-state index contributed by atoms with van der Waals surface area (Å²) in [6.07, 6.45) is 5.78. The molecule has 3 aromatic rings. The van der Waals surface area contributed by atoms with Crippen LogP contribution < -0.4 is 15.5 Å². The van der Waals surface area contributed by atoms with Crippen LogP contribution in [0, 0.1) is 13.8 Å². The van der Waals surface area contributed by atoms with Crippen LogP contribution in [0.15, 0.2) is 18.3 Å². The summed E-state index contributed by atoms with van der Waals surface area (Å²) in [4.78, 5) is 25.9. The third-order valence-electron chi connectivity index (χ3n) is 5.47. The Hall–Kier alpha value is -3.27. The van der Waals surface area contributed by atoms with Crippen LogP contribution in [0.5, 0.6) is 0 Å². The number of hydrogen-bond donors (Lipinski definition) is 2. The summed E-state index contributed by atoms with van der Waals surface area (Å²) >= 11 is 0. The van der Waals surface area contributed by atoms with E-state index in [1.54, 1.807) is 6.20 Å². The molecule has 0 aromatic carbocycles. The molecule has 3 rings (SSSR count). The van der Waals surface area contributed by atoms with Gasteiger partial charge in [-0.05, 0) is 58.2 Å². The van der Waals surface area contributed by atoms with E-state index in [2.05, 4.69) is 41.3 Å². The Balaban J connectivity index is 0.000000572. The number of hydrogen-bond acceptors (Lipinski definition) is 8. The molecule has 198 valence electrons. The molecular weight excluding hydrogens is 456 g/mol. The lowest BCUT2D eigenvalue weighted by molar-refractivity contribution is -0.109. The van der Waals surface area contributed by atoms with Crippen LogP contribution >= 0.6 is 0 Å². The number of carbonyl (C=O) groups excluding carboxylic acids is 1. The average Bonchev–Trinajstić information content (AvgIpc) is 3.19. The van der Waals surface area contributed by atoms with Gasteiger partial charge in [0, 0.05) is 32.4 Å². The molecule has 0 saturated carbocycles. The summed E-state index contributed by atoms with van der Waals surface area (Å²) in [5.74, 6) is 2.18. The number of carbonyl (C=O) groups is 1. The lowest BCUT2D eigenvalue weighted by Gasteiger charge is -2.21. The van der Waals surface area contributed by atoms with Crippen LogP contribution in [0.2, 0.25) is 0 Å². The Morgan fingerprint density at radius 2 is 1.94 bits per heavy atom. The molecule has 0 aliphatic carbocycles. The Kier molecular flexibility index (Phi) is 12.6. The highest BCUT2D eigenvalue weighted by atomic mass is 16.5. The molecule has 0 atom stereocenters. The molecule has 2 N–H and O–H groups in total. The van der Waals surface area contributed by atoms with Crippen molar-refractivity contribution in [2.75, 3.05) is 43.1 Å². The highest BCUT2D eigenvalue weighted by Gasteiger charge is 2.19. The van der Waals surface area contributed by atoms with Gasteiger partial charge < -0.3 is 20.3 Å². The lowest BCUT2D eigenvalue weighted by atomic mass is 10.3. The highest BCUT2D eigenvalue weighted by Crippen LogP contribution is 2.28. The van der Waals surface area contributed by atoms with Crippen molar-refractivity contribution in [2.45, 2.75) is 67.3 Å². The van der Waals surface area contributed by atoms with E-state index in [1.807, 2.05) is 37.6 Å². The molecule has 1 amide bonds. The van der Waals surface area contributed by atoms with Crippen molar-refractivity contribution >= 4 is 35.0 Å². The molecule has 0 spiro atoms. The molecule has 10 nitrogen and oxygen atoms in total. The number of fused-ring (bicyclic) bond motifs is 1. The van der Waals surface area contributed by atoms with E-state index >= 15 is 0 Å². The summed E-state index contributed by atoms with van der Waals surface area (Å²) in [6.45, 7) is 16.9. The van der Waals surface area contributed by atoms with E-state index < -0.39 is 0 Å². The summed E-state index contributed by atoms with van der Waals surface area (Å²) in [7, 11) is 0. The fourth-order valence-corrected chi connectivity index (χ4v) is 3.64. The highest BCUT2D eigenvalue weighted by molar-refractivity contribution is 5.90. The van der Waals surface area contributed by atoms with Crippen molar-refractivity contribution in [1.82, 2.24) is 30.0 Å². The van der Waals surface area contributed by atoms with Gasteiger partial charge in [0.2, 0.25) is 12.4 Å². The Morgan fingerprint density at radius 3 is 2.58 bits per heavy atom. The van der Waals surface area contributed by atoms with Gasteiger partial charge >= 0.3 is 0 Å². The molecular formula is C26H42N8O2. The Labute approximate surface area is 214 Å². The Bertz CT molecular complexity index is 1070. The van der Waals surface area contributed by atoms with Crippen molar-refractivity contribution in [3.63, 3.8) is 0 Å². The van der Waals surface area contributed by atoms with Crippen molar-refractivity contribution < 1.29 is 9.53 Å². The topological polar surface area (TPSA) is 110 Å². The summed E-state index contributed by atoms with van der Waals surface area (Å²) in [5.41, 5.74) is 3.75. The first-order valence-corrected chi connectivity index (χ1v) is 12.9. The predicted octanol–water partition coefficient (Wildman–Crippen LogP) is 4.39. The average molecular weight is 499 g/mol. The van der Waals surface area contributed by atoms with Gasteiger partial charge in [0.05, 0.1) is 18.8 Å². The van der Waals surface area contributed by atoms with Crippen LogP contribution in [0.4, 0.5) is 17.6 Å². The second-order valence-corrected chi connectivity index (χ2v) is 8.42. The van der Waals surface area contributed by atoms with Gasteiger partial charge in [0.15, 0.2) is 5.82 Å². The number of anilines is 3. The number of aryl methyl sites for hydroxylation is 2. The molecule has 3 aromatic heterocycles. The molecule has 0 fully saturated rings. The maximum atomic E-state index is 9.57. The quantitative estimate of drug-likeness (QED) is 0.249. The molecule has 3 heterocycles. The van der Waals surface area contributed by atoms with Crippen molar-refractivity contribution in [3.8, 4) is 0 Å². The third-order valence-corrected chi connectivity index (χ3v) is 5.47. The zero-order chi connectivity index (χ0) is 26.3. The first kappa shape index (κ1) is 29.0. The molecule has 0 aliphatic heterocycles. The van der Waals surface area contributed by atoms with Gasteiger partial charge in [-0.1, -0.05) is 20.3 Å². The monoisotopic (exact) mass is 498 g/mol. The normalized spacial score (nSPS) is 10.6. The zero-order valence-electron chi connectivity index (χ0n) is 22.7. The van der Waals surface area contributed by atoms with Gasteiger partial charge in [-0.2, -0.15) is 10.1 Å². The second-order valence-electron chi connectivity index (χ2n) is 8.42. The van der Waals surface area contributed by atoms with Crippen LogP contribution in [-0.2, 0) is 16.1 Å². The first-order valence-electron chi connectivity index (χ1n) is 12.9. The maximum Gasteiger partial charge on any atom is 0.228 e. The molecule has 0 aliphatic rings. The van der Waals surface area contributed by atoms with E-state index in [0.717, 1.165) is 79.2 Å². The van der Waals surface area contributed by atoms with Crippen LogP contribution in [0.1, 0.15) is 58.2 Å². The first-order chi connectivity index (χ1) is 17.5. The largest absolute Gasteiger partial charge is 0.380 e. The number of aromatic nitrogens is 5. The Morgan fingerprint density at radius 1 is 1.14 bits per heavy atom. The van der Waals surface area contributed by atoms with E-state index in [9.17, 15) is 4.79 Å². The minimum Gasteiger partial charge on any atom is -0.380 e.